The molecule has 5 N–H and O–H groups in total. The molecule has 1 saturated carbocycles. The molecular formula is C7H13FN2O2. The van der Waals surface area contributed by atoms with E-state index in [1.165, 1.54) is 0 Å². The van der Waals surface area contributed by atoms with E-state index < -0.39 is 23.6 Å². The van der Waals surface area contributed by atoms with Crippen molar-refractivity contribution in [3.63, 3.8) is 0 Å². The fraction of sp³-hybridized carbons (Fsp3) is 0.857. The molecule has 1 aliphatic carbocycles. The number of hydrogen-bond acceptors (Lipinski definition) is 3. The van der Waals surface area contributed by atoms with Gasteiger partial charge in [-0.25, -0.2) is 4.39 Å². The van der Waals surface area contributed by atoms with Crippen molar-refractivity contribution in [2.45, 2.75) is 24.6 Å². The largest absolute Gasteiger partial charge is 0.480 e. The summed E-state index contributed by atoms with van der Waals surface area (Å²) in [5, 5.41) is 8.53. The summed E-state index contributed by atoms with van der Waals surface area (Å²) >= 11 is 0. The average Bonchev–Trinajstić information content (AvgIpc) is 2.69. The van der Waals surface area contributed by atoms with E-state index in [0.717, 1.165) is 0 Å². The highest BCUT2D eigenvalue weighted by molar-refractivity contribution is 5.74. The molecule has 1 rings (SSSR count). The van der Waals surface area contributed by atoms with E-state index in [0.29, 0.717) is 12.8 Å². The molecule has 0 amide bonds. The summed E-state index contributed by atoms with van der Waals surface area (Å²) in [5.41, 5.74) is 9.12. The van der Waals surface area contributed by atoms with Gasteiger partial charge in [0.05, 0.1) is 0 Å². The van der Waals surface area contributed by atoms with E-state index in [4.69, 9.17) is 16.6 Å². The standard InChI is InChI=1S/C7H13FN2O2/c8-7(1-2-7)4(3-9)5(10)6(11)12/h4-5H,1-3,9-10H2,(H,11,12). The first kappa shape index (κ1) is 9.41. The summed E-state index contributed by atoms with van der Waals surface area (Å²) in [6.45, 7) is -0.00995. The summed E-state index contributed by atoms with van der Waals surface area (Å²) in [4.78, 5) is 10.4. The summed E-state index contributed by atoms with van der Waals surface area (Å²) in [5.74, 6) is -1.93. The van der Waals surface area contributed by atoms with E-state index >= 15 is 0 Å². The van der Waals surface area contributed by atoms with Gasteiger partial charge in [0.1, 0.15) is 11.7 Å². The average molecular weight is 176 g/mol. The van der Waals surface area contributed by atoms with Gasteiger partial charge in [0.25, 0.3) is 0 Å². The van der Waals surface area contributed by atoms with Crippen molar-refractivity contribution in [3.05, 3.63) is 0 Å². The van der Waals surface area contributed by atoms with Gasteiger partial charge in [-0.15, -0.1) is 0 Å². The topological polar surface area (TPSA) is 89.3 Å². The van der Waals surface area contributed by atoms with Gasteiger partial charge in [-0.05, 0) is 12.8 Å². The Morgan fingerprint density at radius 1 is 1.67 bits per heavy atom. The molecule has 2 unspecified atom stereocenters. The number of carbonyl (C=O) groups is 1. The molecule has 0 aliphatic heterocycles. The first-order valence-corrected chi connectivity index (χ1v) is 3.88. The zero-order valence-electron chi connectivity index (χ0n) is 6.66. The lowest BCUT2D eigenvalue weighted by molar-refractivity contribution is -0.140. The number of aliphatic carboxylic acids is 1. The van der Waals surface area contributed by atoms with Gasteiger partial charge in [0.2, 0.25) is 0 Å². The molecule has 4 nitrogen and oxygen atoms in total. The van der Waals surface area contributed by atoms with Crippen LogP contribution in [0.3, 0.4) is 0 Å². The van der Waals surface area contributed by atoms with Gasteiger partial charge < -0.3 is 16.6 Å². The summed E-state index contributed by atoms with van der Waals surface area (Å²) in [6.07, 6.45) is 0.770. The zero-order chi connectivity index (χ0) is 9.35. The van der Waals surface area contributed by atoms with Crippen LogP contribution in [-0.4, -0.2) is 29.3 Å². The number of hydrogen-bond donors (Lipinski definition) is 3. The molecule has 12 heavy (non-hydrogen) atoms. The lowest BCUT2D eigenvalue weighted by Gasteiger charge is -2.22. The lowest BCUT2D eigenvalue weighted by Crippen LogP contribution is -2.47. The number of nitrogens with two attached hydrogens (primary N) is 2. The molecule has 70 valence electrons. The van der Waals surface area contributed by atoms with Crippen molar-refractivity contribution in [2.75, 3.05) is 6.54 Å². The Morgan fingerprint density at radius 2 is 2.17 bits per heavy atom. The van der Waals surface area contributed by atoms with Crippen LogP contribution in [0.5, 0.6) is 0 Å². The monoisotopic (exact) mass is 176 g/mol. The fourth-order valence-electron chi connectivity index (χ4n) is 1.34. The molecule has 0 aromatic rings. The van der Waals surface area contributed by atoms with E-state index in [2.05, 4.69) is 0 Å². The normalized spacial score (nSPS) is 24.6. The van der Waals surface area contributed by atoms with Crippen LogP contribution in [0, 0.1) is 5.92 Å². The van der Waals surface area contributed by atoms with E-state index in [9.17, 15) is 9.18 Å². The second-order valence-electron chi connectivity index (χ2n) is 3.24. The van der Waals surface area contributed by atoms with Crippen molar-refractivity contribution in [2.24, 2.45) is 17.4 Å². The third-order valence-corrected chi connectivity index (χ3v) is 2.36. The molecule has 0 saturated heterocycles. The fourth-order valence-corrected chi connectivity index (χ4v) is 1.34. The van der Waals surface area contributed by atoms with Crippen molar-refractivity contribution < 1.29 is 14.3 Å². The number of alkyl halides is 1. The van der Waals surface area contributed by atoms with Crippen LogP contribution in [0.1, 0.15) is 12.8 Å². The van der Waals surface area contributed by atoms with Gasteiger partial charge in [0, 0.05) is 12.5 Å². The highest BCUT2D eigenvalue weighted by atomic mass is 19.1. The zero-order valence-corrected chi connectivity index (χ0v) is 6.66. The Labute approximate surface area is 69.7 Å². The summed E-state index contributed by atoms with van der Waals surface area (Å²) < 4.78 is 13.4. The van der Waals surface area contributed by atoms with Crippen LogP contribution in [-0.2, 0) is 4.79 Å². The van der Waals surface area contributed by atoms with Crippen LogP contribution in [0.15, 0.2) is 0 Å². The van der Waals surface area contributed by atoms with Gasteiger partial charge in [-0.3, -0.25) is 4.79 Å². The van der Waals surface area contributed by atoms with Crippen molar-refractivity contribution in [1.29, 1.82) is 0 Å². The number of halogens is 1. The van der Waals surface area contributed by atoms with Crippen molar-refractivity contribution in [1.82, 2.24) is 0 Å². The van der Waals surface area contributed by atoms with Crippen LogP contribution in [0.25, 0.3) is 0 Å². The van der Waals surface area contributed by atoms with Gasteiger partial charge in [0.15, 0.2) is 0 Å². The third kappa shape index (κ3) is 1.56. The van der Waals surface area contributed by atoms with Crippen LogP contribution < -0.4 is 11.5 Å². The van der Waals surface area contributed by atoms with Gasteiger partial charge in [-0.2, -0.15) is 0 Å². The molecule has 1 fully saturated rings. The minimum Gasteiger partial charge on any atom is -0.480 e. The molecule has 0 spiro atoms. The minimum atomic E-state index is -1.41. The molecule has 0 bridgehead atoms. The predicted molar refractivity (Wildman–Crippen MR) is 41.2 cm³/mol. The molecule has 0 radical (unpaired) electrons. The highest BCUT2D eigenvalue weighted by Gasteiger charge is 2.53. The summed E-state index contributed by atoms with van der Waals surface area (Å²) in [7, 11) is 0. The first-order valence-electron chi connectivity index (χ1n) is 3.88. The molecule has 0 aromatic carbocycles. The van der Waals surface area contributed by atoms with Gasteiger partial charge in [-0.1, -0.05) is 0 Å². The molecule has 5 heteroatoms. The van der Waals surface area contributed by atoms with Crippen molar-refractivity contribution in [3.8, 4) is 0 Å². The molecule has 0 aromatic heterocycles. The number of carboxylic acid groups (broad SMARTS) is 1. The molecule has 0 heterocycles. The van der Waals surface area contributed by atoms with Crippen molar-refractivity contribution >= 4 is 5.97 Å². The quantitative estimate of drug-likeness (QED) is 0.537. The first-order chi connectivity index (χ1) is 5.51. The lowest BCUT2D eigenvalue weighted by atomic mass is 9.93. The van der Waals surface area contributed by atoms with E-state index in [1.807, 2.05) is 0 Å². The molecular weight excluding hydrogens is 163 g/mol. The Balaban J connectivity index is 2.61. The summed E-state index contributed by atoms with van der Waals surface area (Å²) in [6, 6.07) is -1.18. The maximum atomic E-state index is 13.4. The SMILES string of the molecule is NCC(C(N)C(=O)O)C1(F)CC1. The smallest absolute Gasteiger partial charge is 0.320 e. The van der Waals surface area contributed by atoms with Gasteiger partial charge >= 0.3 is 5.97 Å². The Kier molecular flexibility index (Phi) is 2.34. The minimum absolute atomic E-state index is 0.00995. The number of rotatable bonds is 4. The van der Waals surface area contributed by atoms with Crippen LogP contribution >= 0.6 is 0 Å². The van der Waals surface area contributed by atoms with E-state index in [1.54, 1.807) is 0 Å². The second-order valence-corrected chi connectivity index (χ2v) is 3.24. The predicted octanol–water partition coefficient (Wildman–Crippen LogP) is -0.525. The molecule has 1 aliphatic rings. The second kappa shape index (κ2) is 2.99. The van der Waals surface area contributed by atoms with E-state index in [-0.39, 0.29) is 6.54 Å². The highest BCUT2D eigenvalue weighted by Crippen LogP contribution is 2.47. The molecule has 2 atom stereocenters. The maximum absolute atomic E-state index is 13.4. The Morgan fingerprint density at radius 3 is 2.42 bits per heavy atom. The number of carboxylic acids is 1. The Bertz CT molecular complexity index is 194. The third-order valence-electron chi connectivity index (χ3n) is 2.36. The van der Waals surface area contributed by atoms with Crippen LogP contribution in [0.2, 0.25) is 0 Å². The maximum Gasteiger partial charge on any atom is 0.320 e. The Hall–Kier alpha value is -0.680. The van der Waals surface area contributed by atoms with Crippen LogP contribution in [0.4, 0.5) is 4.39 Å².